The van der Waals surface area contributed by atoms with Crippen molar-refractivity contribution in [2.45, 2.75) is 77.2 Å². The Morgan fingerprint density at radius 3 is 2.56 bits per heavy atom. The smallest absolute Gasteiger partial charge is 0.255 e. The van der Waals surface area contributed by atoms with E-state index in [4.69, 9.17) is 9.72 Å². The van der Waals surface area contributed by atoms with Crippen LogP contribution in [0.15, 0.2) is 4.79 Å². The molecule has 0 aromatic carbocycles. The van der Waals surface area contributed by atoms with Crippen molar-refractivity contribution >= 4 is 5.95 Å². The zero-order chi connectivity index (χ0) is 17.4. The quantitative estimate of drug-likeness (QED) is 0.888. The van der Waals surface area contributed by atoms with Gasteiger partial charge in [-0.3, -0.25) is 14.7 Å². The maximum absolute atomic E-state index is 12.6. The maximum Gasteiger partial charge on any atom is 0.255 e. The van der Waals surface area contributed by atoms with E-state index in [1.807, 2.05) is 0 Å². The summed E-state index contributed by atoms with van der Waals surface area (Å²) >= 11 is 0. The van der Waals surface area contributed by atoms with E-state index in [1.54, 1.807) is 0 Å². The minimum Gasteiger partial charge on any atom is -0.372 e. The Labute approximate surface area is 149 Å². The Hall–Kier alpha value is -1.40. The zero-order valence-corrected chi connectivity index (χ0v) is 15.5. The summed E-state index contributed by atoms with van der Waals surface area (Å²) < 4.78 is 5.81. The molecule has 3 aliphatic rings. The molecule has 1 aromatic rings. The van der Waals surface area contributed by atoms with Gasteiger partial charge in [0, 0.05) is 37.8 Å². The van der Waals surface area contributed by atoms with Crippen LogP contribution in [0.2, 0.25) is 0 Å². The Morgan fingerprint density at radius 1 is 1.12 bits per heavy atom. The summed E-state index contributed by atoms with van der Waals surface area (Å²) in [6.45, 7) is 7.52. The SMILES string of the molecule is CC1CN(c2nc3c(c(=O)[nH]2)CCN(C2CCCCC2)C3)CC(C)O1. The highest BCUT2D eigenvalue weighted by atomic mass is 16.5. The van der Waals surface area contributed by atoms with Crippen LogP contribution in [-0.4, -0.2) is 52.8 Å². The van der Waals surface area contributed by atoms with Crippen LogP contribution in [-0.2, 0) is 17.7 Å². The minimum absolute atomic E-state index is 0.0510. The fraction of sp³-hybridized carbons (Fsp3) is 0.789. The summed E-state index contributed by atoms with van der Waals surface area (Å²) in [7, 11) is 0. The van der Waals surface area contributed by atoms with Gasteiger partial charge in [-0.25, -0.2) is 4.98 Å². The van der Waals surface area contributed by atoms with Gasteiger partial charge in [0.15, 0.2) is 0 Å². The number of aromatic nitrogens is 2. The van der Waals surface area contributed by atoms with E-state index in [9.17, 15) is 4.79 Å². The predicted octanol–water partition coefficient (Wildman–Crippen LogP) is 2.07. The summed E-state index contributed by atoms with van der Waals surface area (Å²) in [5.41, 5.74) is 1.93. The summed E-state index contributed by atoms with van der Waals surface area (Å²) in [5, 5.41) is 0. The number of nitrogens with zero attached hydrogens (tertiary/aromatic N) is 3. The lowest BCUT2D eigenvalue weighted by Gasteiger charge is -2.38. The Bertz CT molecular complexity index is 658. The second-order valence-corrected chi connectivity index (χ2v) is 7.99. The van der Waals surface area contributed by atoms with Gasteiger partial charge in [0.1, 0.15) is 0 Å². The average molecular weight is 346 g/mol. The second-order valence-electron chi connectivity index (χ2n) is 7.99. The lowest BCUT2D eigenvalue weighted by Crippen LogP contribution is -2.47. The summed E-state index contributed by atoms with van der Waals surface area (Å²) in [6.07, 6.45) is 7.78. The van der Waals surface area contributed by atoms with Crippen molar-refractivity contribution in [2.75, 3.05) is 24.5 Å². The molecule has 0 bridgehead atoms. The first-order chi connectivity index (χ1) is 12.1. The van der Waals surface area contributed by atoms with Gasteiger partial charge in [-0.15, -0.1) is 0 Å². The standard InChI is InChI=1S/C19H30N4O2/c1-13-10-23(11-14(2)25-13)19-20-17-12-22(15-6-4-3-5-7-15)9-8-16(17)18(24)21-19/h13-15H,3-12H2,1-2H3,(H,20,21,24). The van der Waals surface area contributed by atoms with Gasteiger partial charge in [0.05, 0.1) is 17.9 Å². The summed E-state index contributed by atoms with van der Waals surface area (Å²) in [6, 6.07) is 0.676. The van der Waals surface area contributed by atoms with Gasteiger partial charge in [0.25, 0.3) is 5.56 Å². The molecule has 1 aromatic heterocycles. The fourth-order valence-electron chi connectivity index (χ4n) is 4.71. The summed E-state index contributed by atoms with van der Waals surface area (Å²) in [4.78, 5) is 25.2. The van der Waals surface area contributed by atoms with Gasteiger partial charge in [-0.2, -0.15) is 0 Å². The molecule has 138 valence electrons. The Balaban J connectivity index is 1.56. The number of morpholine rings is 1. The van der Waals surface area contributed by atoms with Crippen LogP contribution in [0.1, 0.15) is 57.2 Å². The molecule has 2 aliphatic heterocycles. The Kier molecular flexibility index (Phi) is 4.82. The monoisotopic (exact) mass is 346 g/mol. The van der Waals surface area contributed by atoms with Crippen LogP contribution < -0.4 is 10.5 Å². The van der Waals surface area contributed by atoms with Crippen LogP contribution in [0.25, 0.3) is 0 Å². The van der Waals surface area contributed by atoms with Crippen LogP contribution in [0.4, 0.5) is 5.95 Å². The van der Waals surface area contributed by atoms with Crippen molar-refractivity contribution in [3.63, 3.8) is 0 Å². The molecule has 2 fully saturated rings. The molecule has 4 rings (SSSR count). The summed E-state index contributed by atoms with van der Waals surface area (Å²) in [5.74, 6) is 0.719. The number of rotatable bonds is 2. The molecule has 0 amide bonds. The number of fused-ring (bicyclic) bond motifs is 1. The molecule has 1 saturated heterocycles. The molecular weight excluding hydrogens is 316 g/mol. The van der Waals surface area contributed by atoms with Crippen molar-refractivity contribution in [3.8, 4) is 0 Å². The number of aromatic amines is 1. The molecule has 2 unspecified atom stereocenters. The van der Waals surface area contributed by atoms with Crippen LogP contribution in [0.3, 0.4) is 0 Å². The lowest BCUT2D eigenvalue weighted by atomic mass is 9.92. The Morgan fingerprint density at radius 2 is 1.84 bits per heavy atom. The first-order valence-electron chi connectivity index (χ1n) is 9.86. The van der Waals surface area contributed by atoms with Crippen molar-refractivity contribution in [2.24, 2.45) is 0 Å². The highest BCUT2D eigenvalue weighted by Gasteiger charge is 2.29. The van der Waals surface area contributed by atoms with Crippen LogP contribution >= 0.6 is 0 Å². The van der Waals surface area contributed by atoms with Crippen molar-refractivity contribution in [3.05, 3.63) is 21.6 Å². The molecular formula is C19H30N4O2. The molecule has 0 radical (unpaired) electrons. The van der Waals surface area contributed by atoms with Crippen molar-refractivity contribution in [1.82, 2.24) is 14.9 Å². The van der Waals surface area contributed by atoms with Crippen LogP contribution in [0, 0.1) is 0 Å². The van der Waals surface area contributed by atoms with E-state index in [0.29, 0.717) is 6.04 Å². The fourth-order valence-corrected chi connectivity index (χ4v) is 4.71. The molecule has 1 saturated carbocycles. The molecule has 0 spiro atoms. The number of ether oxygens (including phenoxy) is 1. The molecule has 25 heavy (non-hydrogen) atoms. The van der Waals surface area contributed by atoms with Gasteiger partial charge in [0.2, 0.25) is 5.95 Å². The highest BCUT2D eigenvalue weighted by Crippen LogP contribution is 2.27. The van der Waals surface area contributed by atoms with Crippen molar-refractivity contribution < 1.29 is 4.74 Å². The predicted molar refractivity (Wildman–Crippen MR) is 98.1 cm³/mol. The zero-order valence-electron chi connectivity index (χ0n) is 15.5. The third kappa shape index (κ3) is 3.60. The molecule has 3 heterocycles. The molecule has 6 nitrogen and oxygen atoms in total. The second kappa shape index (κ2) is 7.08. The third-order valence-electron chi connectivity index (χ3n) is 5.90. The van der Waals surface area contributed by atoms with Gasteiger partial charge < -0.3 is 9.64 Å². The third-order valence-corrected chi connectivity index (χ3v) is 5.90. The number of hydrogen-bond acceptors (Lipinski definition) is 5. The molecule has 6 heteroatoms. The van der Waals surface area contributed by atoms with Gasteiger partial charge >= 0.3 is 0 Å². The topological polar surface area (TPSA) is 61.5 Å². The molecule has 1 N–H and O–H groups in total. The minimum atomic E-state index is 0.0510. The molecule has 1 aliphatic carbocycles. The van der Waals surface area contributed by atoms with Crippen LogP contribution in [0.5, 0.6) is 0 Å². The number of nitrogens with one attached hydrogen (secondary N) is 1. The largest absolute Gasteiger partial charge is 0.372 e. The van der Waals surface area contributed by atoms with E-state index >= 15 is 0 Å². The van der Waals surface area contributed by atoms with E-state index in [1.165, 1.54) is 32.1 Å². The first-order valence-corrected chi connectivity index (χ1v) is 9.86. The van der Waals surface area contributed by atoms with Crippen molar-refractivity contribution in [1.29, 1.82) is 0 Å². The van der Waals surface area contributed by atoms with Gasteiger partial charge in [-0.05, 0) is 33.1 Å². The van der Waals surface area contributed by atoms with E-state index in [0.717, 1.165) is 49.8 Å². The highest BCUT2D eigenvalue weighted by molar-refractivity contribution is 5.35. The number of hydrogen-bond donors (Lipinski definition) is 1. The average Bonchev–Trinajstić information content (AvgIpc) is 2.61. The number of anilines is 1. The van der Waals surface area contributed by atoms with E-state index in [-0.39, 0.29) is 17.8 Å². The van der Waals surface area contributed by atoms with E-state index in [2.05, 4.69) is 28.6 Å². The van der Waals surface area contributed by atoms with E-state index < -0.39 is 0 Å². The lowest BCUT2D eigenvalue weighted by molar-refractivity contribution is -0.00577. The maximum atomic E-state index is 12.6. The molecule has 2 atom stereocenters. The normalized spacial score (nSPS) is 28.8. The number of H-pyrrole nitrogens is 1. The van der Waals surface area contributed by atoms with Gasteiger partial charge in [-0.1, -0.05) is 19.3 Å². The first kappa shape index (κ1) is 17.0.